The number of halogens is 2. The summed E-state index contributed by atoms with van der Waals surface area (Å²) < 4.78 is 15.8. The summed E-state index contributed by atoms with van der Waals surface area (Å²) in [5.74, 6) is -0.829. The zero-order valence-electron chi connectivity index (χ0n) is 13.8. The van der Waals surface area contributed by atoms with Crippen molar-refractivity contribution in [3.63, 3.8) is 0 Å². The molecule has 3 rings (SSSR count). The smallest absolute Gasteiger partial charge is 0.316 e. The molecule has 134 valence electrons. The van der Waals surface area contributed by atoms with Gasteiger partial charge in [0.15, 0.2) is 0 Å². The molecule has 0 bridgehead atoms. The zero-order valence-corrected chi connectivity index (χ0v) is 15.4. The number of carbonyl (C=O) groups is 1. The number of H-pyrrole nitrogens is 1. The second kappa shape index (κ2) is 7.25. The van der Waals surface area contributed by atoms with E-state index >= 15 is 0 Å². The van der Waals surface area contributed by atoms with Gasteiger partial charge in [0.1, 0.15) is 5.82 Å². The van der Waals surface area contributed by atoms with Gasteiger partial charge in [-0.25, -0.2) is 4.39 Å². The van der Waals surface area contributed by atoms with Crippen LogP contribution < -0.4 is 16.4 Å². The summed E-state index contributed by atoms with van der Waals surface area (Å²) in [5.41, 5.74) is 0.187. The molecule has 0 radical (unpaired) electrons. The van der Waals surface area contributed by atoms with Crippen LogP contribution in [0.3, 0.4) is 0 Å². The second-order valence-electron chi connectivity index (χ2n) is 5.65. The van der Waals surface area contributed by atoms with Gasteiger partial charge in [0, 0.05) is 28.7 Å². The molecule has 2 aromatic carbocycles. The highest BCUT2D eigenvalue weighted by Gasteiger charge is 2.11. The topological polar surface area (TPSA) is 84.0 Å². The monoisotopic (exact) mass is 419 g/mol. The fourth-order valence-corrected chi connectivity index (χ4v) is 3.10. The molecule has 0 fully saturated rings. The molecule has 0 aliphatic heterocycles. The van der Waals surface area contributed by atoms with Gasteiger partial charge in [0.05, 0.1) is 11.0 Å². The maximum absolute atomic E-state index is 13.8. The third kappa shape index (κ3) is 3.45. The van der Waals surface area contributed by atoms with E-state index in [1.54, 1.807) is 31.2 Å². The summed E-state index contributed by atoms with van der Waals surface area (Å²) in [6.07, 6.45) is 0. The van der Waals surface area contributed by atoms with Gasteiger partial charge in [-0.15, -0.1) is 0 Å². The molecule has 0 atom stereocenters. The third-order valence-electron chi connectivity index (χ3n) is 4.00. The Morgan fingerprint density at radius 1 is 1.23 bits per heavy atom. The Bertz CT molecular complexity index is 1120. The van der Waals surface area contributed by atoms with Crippen LogP contribution in [0, 0.1) is 5.82 Å². The zero-order chi connectivity index (χ0) is 18.8. The van der Waals surface area contributed by atoms with Crippen molar-refractivity contribution in [2.75, 3.05) is 0 Å². The number of fused-ring (bicyclic) bond motifs is 1. The lowest BCUT2D eigenvalue weighted by Crippen LogP contribution is -2.36. The fourth-order valence-electron chi connectivity index (χ4n) is 2.69. The number of benzene rings is 2. The van der Waals surface area contributed by atoms with Gasteiger partial charge < -0.3 is 14.9 Å². The van der Waals surface area contributed by atoms with Crippen molar-refractivity contribution in [1.29, 1.82) is 0 Å². The van der Waals surface area contributed by atoms with E-state index in [0.717, 1.165) is 0 Å². The van der Waals surface area contributed by atoms with Crippen LogP contribution in [0.15, 0.2) is 50.5 Å². The summed E-state index contributed by atoms with van der Waals surface area (Å²) in [4.78, 5) is 38.4. The molecule has 0 aliphatic carbocycles. The number of aromatic amines is 1. The Morgan fingerprint density at radius 3 is 2.73 bits per heavy atom. The second-order valence-corrected chi connectivity index (χ2v) is 6.57. The number of nitrogens with one attached hydrogen (secondary N) is 2. The number of aromatic nitrogens is 2. The van der Waals surface area contributed by atoms with Gasteiger partial charge >= 0.3 is 11.1 Å². The molecule has 0 spiro atoms. The lowest BCUT2D eigenvalue weighted by atomic mass is 10.1. The molecule has 1 aromatic heterocycles. The Balaban J connectivity index is 1.89. The minimum Gasteiger partial charge on any atom is -0.348 e. The SMILES string of the molecule is CCn1c(=O)c(=O)[nH]c2cc(C(=O)NCc3cc(Br)ccc3F)ccc21. The predicted molar refractivity (Wildman–Crippen MR) is 99.8 cm³/mol. The average Bonchev–Trinajstić information content (AvgIpc) is 2.63. The highest BCUT2D eigenvalue weighted by atomic mass is 79.9. The van der Waals surface area contributed by atoms with Crippen molar-refractivity contribution in [1.82, 2.24) is 14.9 Å². The first-order valence-electron chi connectivity index (χ1n) is 7.89. The van der Waals surface area contributed by atoms with Gasteiger partial charge in [0.25, 0.3) is 5.91 Å². The van der Waals surface area contributed by atoms with Crippen molar-refractivity contribution >= 4 is 32.9 Å². The summed E-state index contributed by atoms with van der Waals surface area (Å²) in [6, 6.07) is 9.13. The molecule has 2 N–H and O–H groups in total. The summed E-state index contributed by atoms with van der Waals surface area (Å²) in [5, 5.41) is 2.64. The summed E-state index contributed by atoms with van der Waals surface area (Å²) in [7, 11) is 0. The first kappa shape index (κ1) is 18.1. The van der Waals surface area contributed by atoms with Crippen molar-refractivity contribution < 1.29 is 9.18 Å². The first-order valence-corrected chi connectivity index (χ1v) is 8.69. The minimum absolute atomic E-state index is 0.0210. The molecule has 8 heteroatoms. The Hall–Kier alpha value is -2.74. The van der Waals surface area contributed by atoms with Crippen molar-refractivity contribution in [2.24, 2.45) is 0 Å². The molecule has 26 heavy (non-hydrogen) atoms. The number of hydrogen-bond donors (Lipinski definition) is 2. The van der Waals surface area contributed by atoms with E-state index in [4.69, 9.17) is 0 Å². The highest BCUT2D eigenvalue weighted by molar-refractivity contribution is 9.10. The van der Waals surface area contributed by atoms with E-state index in [9.17, 15) is 18.8 Å². The lowest BCUT2D eigenvalue weighted by Gasteiger charge is -2.10. The van der Waals surface area contributed by atoms with Crippen LogP contribution in [-0.2, 0) is 13.1 Å². The minimum atomic E-state index is -0.742. The van der Waals surface area contributed by atoms with Crippen LogP contribution in [0.5, 0.6) is 0 Å². The molecule has 0 saturated heterocycles. The van der Waals surface area contributed by atoms with E-state index in [1.165, 1.54) is 16.7 Å². The van der Waals surface area contributed by atoms with E-state index in [-0.39, 0.29) is 6.54 Å². The lowest BCUT2D eigenvalue weighted by molar-refractivity contribution is 0.0950. The first-order chi connectivity index (χ1) is 12.4. The Kier molecular flexibility index (Phi) is 5.03. The molecular weight excluding hydrogens is 405 g/mol. The van der Waals surface area contributed by atoms with Crippen LogP contribution >= 0.6 is 15.9 Å². The number of nitrogens with zero attached hydrogens (tertiary/aromatic N) is 1. The van der Waals surface area contributed by atoms with E-state index in [0.29, 0.717) is 33.2 Å². The van der Waals surface area contributed by atoms with Crippen LogP contribution in [-0.4, -0.2) is 15.5 Å². The van der Waals surface area contributed by atoms with Gasteiger partial charge in [-0.1, -0.05) is 15.9 Å². The number of carbonyl (C=O) groups excluding carboxylic acids is 1. The molecule has 0 saturated carbocycles. The summed E-state index contributed by atoms with van der Waals surface area (Å²) in [6.45, 7) is 2.12. The highest BCUT2D eigenvalue weighted by Crippen LogP contribution is 2.16. The standard InChI is InChI=1S/C18H15BrFN3O3/c1-2-23-15-6-3-10(8-14(15)22-17(25)18(23)26)16(24)21-9-11-7-12(19)4-5-13(11)20/h3-8H,2,9H2,1H3,(H,21,24)(H,22,25). The van der Waals surface area contributed by atoms with Gasteiger partial charge in [-0.3, -0.25) is 14.4 Å². The van der Waals surface area contributed by atoms with E-state index < -0.39 is 22.8 Å². The van der Waals surface area contributed by atoms with E-state index in [2.05, 4.69) is 26.2 Å². The van der Waals surface area contributed by atoms with Crippen LogP contribution in [0.25, 0.3) is 11.0 Å². The number of amides is 1. The van der Waals surface area contributed by atoms with Gasteiger partial charge in [-0.05, 0) is 43.3 Å². The van der Waals surface area contributed by atoms with Gasteiger partial charge in [-0.2, -0.15) is 0 Å². The Labute approximate surface area is 155 Å². The largest absolute Gasteiger partial charge is 0.348 e. The Morgan fingerprint density at radius 2 is 2.00 bits per heavy atom. The fraction of sp³-hybridized carbons (Fsp3) is 0.167. The molecule has 3 aromatic rings. The van der Waals surface area contributed by atoms with Crippen LogP contribution in [0.2, 0.25) is 0 Å². The van der Waals surface area contributed by atoms with Crippen LogP contribution in [0.1, 0.15) is 22.8 Å². The average molecular weight is 420 g/mol. The quantitative estimate of drug-likeness (QED) is 0.637. The molecule has 6 nitrogen and oxygen atoms in total. The van der Waals surface area contributed by atoms with Gasteiger partial charge in [0.2, 0.25) is 0 Å². The maximum atomic E-state index is 13.8. The maximum Gasteiger partial charge on any atom is 0.316 e. The molecular formula is C18H15BrFN3O3. The number of aryl methyl sites for hydroxylation is 1. The molecule has 0 aliphatic rings. The molecule has 1 amide bonds. The van der Waals surface area contributed by atoms with Crippen molar-refractivity contribution in [2.45, 2.75) is 20.0 Å². The van der Waals surface area contributed by atoms with Crippen molar-refractivity contribution in [3.05, 3.63) is 78.5 Å². The number of rotatable bonds is 4. The predicted octanol–water partition coefficient (Wildman–Crippen LogP) is 2.54. The number of hydrogen-bond acceptors (Lipinski definition) is 3. The van der Waals surface area contributed by atoms with Crippen molar-refractivity contribution in [3.8, 4) is 0 Å². The normalized spacial score (nSPS) is 10.9. The molecule has 0 unspecified atom stereocenters. The third-order valence-corrected chi connectivity index (χ3v) is 4.49. The molecule has 1 heterocycles. The summed E-state index contributed by atoms with van der Waals surface area (Å²) >= 11 is 3.26. The van der Waals surface area contributed by atoms with E-state index in [1.807, 2.05) is 0 Å². The van der Waals surface area contributed by atoms with Crippen LogP contribution in [0.4, 0.5) is 4.39 Å².